The molecule has 1 aliphatic heterocycles. The molecular formula is C19H20N2O5. The van der Waals surface area contributed by atoms with Gasteiger partial charge in [0.1, 0.15) is 5.75 Å². The molecule has 3 rings (SSSR count). The highest BCUT2D eigenvalue weighted by Gasteiger charge is 2.16. The van der Waals surface area contributed by atoms with Gasteiger partial charge in [0.05, 0.1) is 5.56 Å². The van der Waals surface area contributed by atoms with Crippen molar-refractivity contribution in [3.05, 3.63) is 53.6 Å². The van der Waals surface area contributed by atoms with E-state index in [0.717, 1.165) is 5.56 Å². The summed E-state index contributed by atoms with van der Waals surface area (Å²) < 4.78 is 16.1. The smallest absolute Gasteiger partial charge is 0.259 e. The van der Waals surface area contributed by atoms with Crippen LogP contribution in [0.4, 0.5) is 0 Å². The Labute approximate surface area is 151 Å². The molecule has 1 N–H and O–H groups in total. The lowest BCUT2D eigenvalue weighted by molar-refractivity contribution is -0.130. The third-order valence-corrected chi connectivity index (χ3v) is 3.87. The van der Waals surface area contributed by atoms with Gasteiger partial charge in [0.15, 0.2) is 18.1 Å². The Morgan fingerprint density at radius 2 is 1.88 bits per heavy atom. The van der Waals surface area contributed by atoms with Crippen LogP contribution in [0, 0.1) is 0 Å². The highest BCUT2D eigenvalue weighted by molar-refractivity contribution is 5.97. The van der Waals surface area contributed by atoms with E-state index in [1.807, 2.05) is 18.2 Å². The van der Waals surface area contributed by atoms with Crippen LogP contribution in [0.1, 0.15) is 15.9 Å². The summed E-state index contributed by atoms with van der Waals surface area (Å²) in [7, 11) is 3.30. The highest BCUT2D eigenvalue weighted by Crippen LogP contribution is 2.32. The molecule has 0 unspecified atom stereocenters. The minimum atomic E-state index is -0.282. The van der Waals surface area contributed by atoms with Crippen molar-refractivity contribution in [2.75, 3.05) is 27.5 Å². The summed E-state index contributed by atoms with van der Waals surface area (Å²) in [6.45, 7) is 0.418. The molecule has 7 heteroatoms. The predicted octanol–water partition coefficient (Wildman–Crippen LogP) is 1.81. The van der Waals surface area contributed by atoms with Gasteiger partial charge in [0, 0.05) is 20.6 Å². The molecule has 0 saturated carbocycles. The summed E-state index contributed by atoms with van der Waals surface area (Å²) in [6, 6.07) is 12.3. The topological polar surface area (TPSA) is 77.1 Å². The molecule has 1 heterocycles. The molecule has 1 aliphatic rings. The molecule has 0 fully saturated rings. The fourth-order valence-corrected chi connectivity index (χ4v) is 2.38. The summed E-state index contributed by atoms with van der Waals surface area (Å²) in [5, 5.41) is 2.85. The SMILES string of the molecule is CN(C)C(=O)COc1ccccc1C(=O)NCc1ccc2c(c1)OCO2. The minimum absolute atomic E-state index is 0.126. The van der Waals surface area contributed by atoms with E-state index in [2.05, 4.69) is 5.32 Å². The van der Waals surface area contributed by atoms with Gasteiger partial charge in [-0.2, -0.15) is 0 Å². The summed E-state index contributed by atoms with van der Waals surface area (Å²) >= 11 is 0. The lowest BCUT2D eigenvalue weighted by atomic mass is 10.1. The Bertz CT molecular complexity index is 819. The number of para-hydroxylation sites is 1. The van der Waals surface area contributed by atoms with Crippen LogP contribution in [-0.4, -0.2) is 44.2 Å². The molecular weight excluding hydrogens is 336 g/mol. The number of nitrogens with one attached hydrogen (secondary N) is 1. The lowest BCUT2D eigenvalue weighted by Crippen LogP contribution is -2.28. The third-order valence-electron chi connectivity index (χ3n) is 3.87. The average molecular weight is 356 g/mol. The number of benzene rings is 2. The van der Waals surface area contributed by atoms with Gasteiger partial charge in [-0.15, -0.1) is 0 Å². The van der Waals surface area contributed by atoms with E-state index in [0.29, 0.717) is 29.4 Å². The van der Waals surface area contributed by atoms with E-state index in [9.17, 15) is 9.59 Å². The number of hydrogen-bond donors (Lipinski definition) is 1. The maximum absolute atomic E-state index is 12.5. The molecule has 0 atom stereocenters. The molecule has 0 radical (unpaired) electrons. The zero-order valence-electron chi connectivity index (χ0n) is 14.7. The van der Waals surface area contributed by atoms with Gasteiger partial charge in [-0.1, -0.05) is 18.2 Å². The second kappa shape index (κ2) is 7.77. The van der Waals surface area contributed by atoms with Crippen LogP contribution in [0.5, 0.6) is 17.2 Å². The first kappa shape index (κ1) is 17.6. The molecule has 0 aliphatic carbocycles. The van der Waals surface area contributed by atoms with Gasteiger partial charge >= 0.3 is 0 Å². The quantitative estimate of drug-likeness (QED) is 0.854. The van der Waals surface area contributed by atoms with E-state index in [1.165, 1.54) is 4.90 Å². The van der Waals surface area contributed by atoms with Crippen molar-refractivity contribution in [3.63, 3.8) is 0 Å². The van der Waals surface area contributed by atoms with Crippen molar-refractivity contribution in [1.82, 2.24) is 10.2 Å². The molecule has 2 amide bonds. The monoisotopic (exact) mass is 356 g/mol. The van der Waals surface area contributed by atoms with Crippen molar-refractivity contribution < 1.29 is 23.8 Å². The van der Waals surface area contributed by atoms with Crippen LogP contribution in [-0.2, 0) is 11.3 Å². The van der Waals surface area contributed by atoms with Crippen LogP contribution in [0.15, 0.2) is 42.5 Å². The largest absolute Gasteiger partial charge is 0.483 e. The zero-order chi connectivity index (χ0) is 18.5. The van der Waals surface area contributed by atoms with E-state index >= 15 is 0 Å². The predicted molar refractivity (Wildman–Crippen MR) is 94.4 cm³/mol. The highest BCUT2D eigenvalue weighted by atomic mass is 16.7. The van der Waals surface area contributed by atoms with Gasteiger partial charge in [-0.05, 0) is 29.8 Å². The van der Waals surface area contributed by atoms with Crippen molar-refractivity contribution in [1.29, 1.82) is 0 Å². The van der Waals surface area contributed by atoms with E-state index < -0.39 is 0 Å². The standard InChI is InChI=1S/C19H20N2O5/c1-21(2)18(22)11-24-15-6-4-3-5-14(15)19(23)20-10-13-7-8-16-17(9-13)26-12-25-16/h3-9H,10-12H2,1-2H3,(H,20,23). The molecule has 26 heavy (non-hydrogen) atoms. The van der Waals surface area contributed by atoms with E-state index in [1.54, 1.807) is 38.4 Å². The van der Waals surface area contributed by atoms with E-state index in [-0.39, 0.29) is 25.2 Å². The molecule has 2 aromatic rings. The summed E-state index contributed by atoms with van der Waals surface area (Å²) in [4.78, 5) is 25.6. The Hall–Kier alpha value is -3.22. The molecule has 136 valence electrons. The molecule has 0 aromatic heterocycles. The number of hydrogen-bond acceptors (Lipinski definition) is 5. The van der Waals surface area contributed by atoms with Gasteiger partial charge in [-0.3, -0.25) is 9.59 Å². The maximum Gasteiger partial charge on any atom is 0.259 e. The lowest BCUT2D eigenvalue weighted by Gasteiger charge is -2.14. The summed E-state index contributed by atoms with van der Waals surface area (Å²) in [6.07, 6.45) is 0. The molecule has 0 bridgehead atoms. The van der Waals surface area contributed by atoms with Crippen molar-refractivity contribution >= 4 is 11.8 Å². The van der Waals surface area contributed by atoms with Crippen molar-refractivity contribution in [2.45, 2.75) is 6.54 Å². The molecule has 7 nitrogen and oxygen atoms in total. The molecule has 0 saturated heterocycles. The first-order valence-electron chi connectivity index (χ1n) is 8.13. The Morgan fingerprint density at radius 3 is 2.69 bits per heavy atom. The third kappa shape index (κ3) is 4.05. The van der Waals surface area contributed by atoms with Gasteiger partial charge in [0.25, 0.3) is 11.8 Å². The fourth-order valence-electron chi connectivity index (χ4n) is 2.38. The summed E-state index contributed by atoms with van der Waals surface area (Å²) in [5.41, 5.74) is 1.27. The number of carbonyl (C=O) groups excluding carboxylic acids is 2. The van der Waals surface area contributed by atoms with Gasteiger partial charge in [0.2, 0.25) is 6.79 Å². The summed E-state index contributed by atoms with van der Waals surface area (Å²) in [5.74, 6) is 1.27. The van der Waals surface area contributed by atoms with Crippen LogP contribution in [0.25, 0.3) is 0 Å². The van der Waals surface area contributed by atoms with Crippen LogP contribution >= 0.6 is 0 Å². The average Bonchev–Trinajstić information content (AvgIpc) is 3.12. The fraction of sp³-hybridized carbons (Fsp3) is 0.263. The second-order valence-electron chi connectivity index (χ2n) is 5.94. The normalized spacial score (nSPS) is 11.8. The first-order valence-corrected chi connectivity index (χ1v) is 8.13. The number of fused-ring (bicyclic) bond motifs is 1. The van der Waals surface area contributed by atoms with Crippen molar-refractivity contribution in [2.24, 2.45) is 0 Å². The number of nitrogens with zero attached hydrogens (tertiary/aromatic N) is 1. The number of rotatable bonds is 6. The first-order chi connectivity index (χ1) is 12.5. The maximum atomic E-state index is 12.5. The van der Waals surface area contributed by atoms with Gasteiger partial charge < -0.3 is 24.4 Å². The second-order valence-corrected chi connectivity index (χ2v) is 5.94. The van der Waals surface area contributed by atoms with Crippen LogP contribution in [0.2, 0.25) is 0 Å². The zero-order valence-corrected chi connectivity index (χ0v) is 14.7. The molecule has 2 aromatic carbocycles. The Morgan fingerprint density at radius 1 is 1.12 bits per heavy atom. The van der Waals surface area contributed by atoms with Crippen LogP contribution < -0.4 is 19.5 Å². The minimum Gasteiger partial charge on any atom is -0.483 e. The number of carbonyl (C=O) groups is 2. The van der Waals surface area contributed by atoms with Crippen molar-refractivity contribution in [3.8, 4) is 17.2 Å². The molecule has 0 spiro atoms. The Balaban J connectivity index is 1.63. The number of likely N-dealkylation sites (N-methyl/N-ethyl adjacent to an activating group) is 1. The Kier molecular flexibility index (Phi) is 5.26. The van der Waals surface area contributed by atoms with Gasteiger partial charge in [-0.25, -0.2) is 0 Å². The van der Waals surface area contributed by atoms with Crippen LogP contribution in [0.3, 0.4) is 0 Å². The number of ether oxygens (including phenoxy) is 3. The van der Waals surface area contributed by atoms with E-state index in [4.69, 9.17) is 14.2 Å². The number of amides is 2.